The van der Waals surface area contributed by atoms with E-state index >= 15 is 0 Å². The zero-order chi connectivity index (χ0) is 25.5. The minimum Gasteiger partial charge on any atom is -0.309 e. The standard InChI is InChI=1S/C33H21BN4/c34-27-15-9-17-29-30(27)26-14-7-8-16-28(26)38(29)25-20-18-24(19-21-25)33-36-31(22-10-3-1-4-11-22)35-32(37-33)23-12-5-2-6-13-23/h1-21H. The molecule has 0 saturated carbocycles. The Kier molecular flexibility index (Phi) is 5.33. The third-order valence-corrected chi connectivity index (χ3v) is 6.81. The highest BCUT2D eigenvalue weighted by atomic mass is 15.0. The van der Waals surface area contributed by atoms with Gasteiger partial charge in [0.05, 0.1) is 11.0 Å². The van der Waals surface area contributed by atoms with E-state index in [1.165, 1.54) is 0 Å². The summed E-state index contributed by atoms with van der Waals surface area (Å²) in [5.41, 5.74) is 6.85. The summed E-state index contributed by atoms with van der Waals surface area (Å²) < 4.78 is 2.25. The number of rotatable bonds is 4. The van der Waals surface area contributed by atoms with Crippen molar-refractivity contribution in [3.63, 3.8) is 0 Å². The summed E-state index contributed by atoms with van der Waals surface area (Å²) in [7, 11) is 6.40. The highest BCUT2D eigenvalue weighted by Gasteiger charge is 2.15. The van der Waals surface area contributed by atoms with E-state index in [2.05, 4.69) is 59.2 Å². The lowest BCUT2D eigenvalue weighted by Gasteiger charge is -2.11. The Bertz CT molecular complexity index is 1850. The van der Waals surface area contributed by atoms with Gasteiger partial charge in [0.2, 0.25) is 0 Å². The van der Waals surface area contributed by atoms with Crippen LogP contribution in [-0.4, -0.2) is 27.4 Å². The minimum absolute atomic E-state index is 0.635. The molecule has 5 heteroatoms. The number of hydrogen-bond acceptors (Lipinski definition) is 3. The van der Waals surface area contributed by atoms with Gasteiger partial charge >= 0.3 is 0 Å². The van der Waals surface area contributed by atoms with Crippen LogP contribution in [0, 0.1) is 0 Å². The molecule has 4 nitrogen and oxygen atoms in total. The van der Waals surface area contributed by atoms with Crippen LogP contribution in [0.1, 0.15) is 0 Å². The predicted octanol–water partition coefficient (Wildman–Crippen LogP) is 6.76. The number of hydrogen-bond donors (Lipinski definition) is 0. The maximum atomic E-state index is 6.40. The first-order valence-electron chi connectivity index (χ1n) is 12.5. The van der Waals surface area contributed by atoms with Gasteiger partial charge in [0.25, 0.3) is 0 Å². The van der Waals surface area contributed by atoms with Gasteiger partial charge in [-0.15, -0.1) is 0 Å². The Morgan fingerprint density at radius 1 is 0.447 bits per heavy atom. The third-order valence-electron chi connectivity index (χ3n) is 6.81. The fourth-order valence-corrected chi connectivity index (χ4v) is 5.02. The van der Waals surface area contributed by atoms with Gasteiger partial charge in [-0.3, -0.25) is 0 Å². The van der Waals surface area contributed by atoms with Crippen LogP contribution in [0.25, 0.3) is 61.7 Å². The van der Waals surface area contributed by atoms with Crippen molar-refractivity contribution in [2.45, 2.75) is 0 Å². The van der Waals surface area contributed by atoms with E-state index in [4.69, 9.17) is 22.8 Å². The molecule has 38 heavy (non-hydrogen) atoms. The summed E-state index contributed by atoms with van der Waals surface area (Å²) in [5, 5.41) is 2.21. The van der Waals surface area contributed by atoms with Crippen LogP contribution in [0.2, 0.25) is 0 Å². The molecule has 0 atom stereocenters. The topological polar surface area (TPSA) is 43.6 Å². The predicted molar refractivity (Wildman–Crippen MR) is 156 cm³/mol. The molecule has 2 heterocycles. The molecule has 0 bridgehead atoms. The zero-order valence-electron chi connectivity index (χ0n) is 20.5. The highest BCUT2D eigenvalue weighted by Crippen LogP contribution is 2.32. The van der Waals surface area contributed by atoms with Crippen LogP contribution in [-0.2, 0) is 0 Å². The van der Waals surface area contributed by atoms with Gasteiger partial charge in [-0.25, -0.2) is 15.0 Å². The van der Waals surface area contributed by atoms with E-state index in [-0.39, 0.29) is 0 Å². The summed E-state index contributed by atoms with van der Waals surface area (Å²) in [5.74, 6) is 1.93. The van der Waals surface area contributed by atoms with Gasteiger partial charge in [-0.05, 0) is 36.4 Å². The van der Waals surface area contributed by atoms with Gasteiger partial charge in [-0.2, -0.15) is 0 Å². The van der Waals surface area contributed by atoms with Crippen molar-refractivity contribution in [3.8, 4) is 39.9 Å². The lowest BCUT2D eigenvalue weighted by atomic mass is 9.91. The quantitative estimate of drug-likeness (QED) is 0.259. The molecule has 0 fully saturated rings. The van der Waals surface area contributed by atoms with Crippen LogP contribution < -0.4 is 5.46 Å². The fourth-order valence-electron chi connectivity index (χ4n) is 5.02. The first kappa shape index (κ1) is 22.2. The third kappa shape index (κ3) is 3.77. The van der Waals surface area contributed by atoms with Crippen molar-refractivity contribution >= 4 is 35.1 Å². The Balaban J connectivity index is 1.37. The number of aromatic nitrogens is 4. The van der Waals surface area contributed by atoms with Crippen LogP contribution in [0.15, 0.2) is 127 Å². The average molecular weight is 484 g/mol. The molecular weight excluding hydrogens is 463 g/mol. The summed E-state index contributed by atoms with van der Waals surface area (Å²) in [6.45, 7) is 0. The summed E-state index contributed by atoms with van der Waals surface area (Å²) in [4.78, 5) is 14.5. The lowest BCUT2D eigenvalue weighted by molar-refractivity contribution is 1.07. The molecule has 0 aliphatic carbocycles. The van der Waals surface area contributed by atoms with Gasteiger partial charge in [0, 0.05) is 33.2 Å². The molecule has 176 valence electrons. The molecular formula is C33H21BN4. The SMILES string of the molecule is [B]c1cccc2c1c1ccccc1n2-c1ccc(-c2nc(-c3ccccc3)nc(-c3ccccc3)n2)cc1. The van der Waals surface area contributed by atoms with Crippen LogP contribution >= 0.6 is 0 Å². The van der Waals surface area contributed by atoms with Crippen LogP contribution in [0.4, 0.5) is 0 Å². The van der Waals surface area contributed by atoms with Crippen molar-refractivity contribution in [1.82, 2.24) is 19.5 Å². The van der Waals surface area contributed by atoms with Gasteiger partial charge in [-0.1, -0.05) is 96.5 Å². The van der Waals surface area contributed by atoms with Crippen molar-refractivity contribution in [2.75, 3.05) is 0 Å². The lowest BCUT2D eigenvalue weighted by Crippen LogP contribution is -2.02. The Morgan fingerprint density at radius 2 is 0.947 bits per heavy atom. The second-order valence-corrected chi connectivity index (χ2v) is 9.18. The van der Waals surface area contributed by atoms with E-state index in [1.807, 2.05) is 72.8 Å². The molecule has 2 aromatic heterocycles. The van der Waals surface area contributed by atoms with E-state index in [1.54, 1.807) is 0 Å². The molecule has 7 rings (SSSR count). The molecule has 0 aliphatic rings. The molecule has 0 unspecified atom stereocenters. The molecule has 0 spiro atoms. The second kappa shape index (κ2) is 9.13. The number of para-hydroxylation sites is 1. The molecule has 0 amide bonds. The Labute approximate surface area is 221 Å². The normalized spacial score (nSPS) is 11.3. The number of fused-ring (bicyclic) bond motifs is 3. The largest absolute Gasteiger partial charge is 0.309 e. The molecule has 0 aliphatic heterocycles. The molecule has 2 radical (unpaired) electrons. The summed E-state index contributed by atoms with van der Waals surface area (Å²) >= 11 is 0. The van der Waals surface area contributed by atoms with Crippen LogP contribution in [0.5, 0.6) is 0 Å². The molecule has 7 aromatic rings. The minimum atomic E-state index is 0.635. The smallest absolute Gasteiger partial charge is 0.164 e. The van der Waals surface area contributed by atoms with E-state index in [9.17, 15) is 0 Å². The van der Waals surface area contributed by atoms with E-state index in [0.717, 1.165) is 49.6 Å². The molecule has 0 saturated heterocycles. The fraction of sp³-hybridized carbons (Fsp3) is 0. The van der Waals surface area contributed by atoms with Crippen LogP contribution in [0.3, 0.4) is 0 Å². The maximum Gasteiger partial charge on any atom is 0.164 e. The molecule has 0 N–H and O–H groups in total. The van der Waals surface area contributed by atoms with Gasteiger partial charge in [0.1, 0.15) is 7.85 Å². The molecule has 5 aromatic carbocycles. The van der Waals surface area contributed by atoms with Crippen molar-refractivity contribution in [3.05, 3.63) is 127 Å². The summed E-state index contributed by atoms with van der Waals surface area (Å²) in [6.07, 6.45) is 0. The zero-order valence-corrected chi connectivity index (χ0v) is 20.5. The maximum absolute atomic E-state index is 6.40. The second-order valence-electron chi connectivity index (χ2n) is 9.18. The van der Waals surface area contributed by atoms with Gasteiger partial charge in [0.15, 0.2) is 17.5 Å². The van der Waals surface area contributed by atoms with E-state index in [0.29, 0.717) is 17.5 Å². The highest BCUT2D eigenvalue weighted by molar-refractivity contribution is 6.41. The van der Waals surface area contributed by atoms with Crippen molar-refractivity contribution in [1.29, 1.82) is 0 Å². The first-order valence-corrected chi connectivity index (χ1v) is 12.5. The Hall–Kier alpha value is -5.03. The number of nitrogens with zero attached hydrogens (tertiary/aromatic N) is 4. The monoisotopic (exact) mass is 484 g/mol. The van der Waals surface area contributed by atoms with E-state index < -0.39 is 0 Å². The van der Waals surface area contributed by atoms with Crippen molar-refractivity contribution in [2.24, 2.45) is 0 Å². The average Bonchev–Trinajstić information content (AvgIpc) is 3.33. The van der Waals surface area contributed by atoms with Gasteiger partial charge < -0.3 is 4.57 Å². The summed E-state index contributed by atoms with van der Waals surface area (Å²) in [6, 6.07) is 42.8. The van der Waals surface area contributed by atoms with Crippen molar-refractivity contribution < 1.29 is 0 Å². The Morgan fingerprint density at radius 3 is 1.55 bits per heavy atom. The first-order chi connectivity index (χ1) is 18.8. The number of benzene rings is 5.